The summed E-state index contributed by atoms with van der Waals surface area (Å²) in [6.07, 6.45) is 11.5. The van der Waals surface area contributed by atoms with E-state index in [1.54, 1.807) is 12.1 Å². The molecule has 84 heavy (non-hydrogen) atoms. The highest BCUT2D eigenvalue weighted by atomic mass is 33.1. The van der Waals surface area contributed by atoms with Crippen LogP contribution < -0.4 is 24.8 Å². The summed E-state index contributed by atoms with van der Waals surface area (Å²) in [5.74, 6) is 9.14. The molecule has 7 heterocycles. The molecule has 16 nitrogen and oxygen atoms in total. The number of benzene rings is 3. The number of ether oxygens (including phenoxy) is 5. The van der Waals surface area contributed by atoms with E-state index in [0.717, 1.165) is 98.3 Å². The van der Waals surface area contributed by atoms with Crippen molar-refractivity contribution in [2.45, 2.75) is 177 Å². The van der Waals surface area contributed by atoms with Crippen LogP contribution in [-0.2, 0) is 33.8 Å². The molecule has 1 saturated heterocycles. The largest absolute Gasteiger partial charge is 0.504 e. The first kappa shape index (κ1) is 61.3. The summed E-state index contributed by atoms with van der Waals surface area (Å²) in [5.41, 5.74) is 2.60. The number of hydrogen-bond donors (Lipinski definition) is 9. The van der Waals surface area contributed by atoms with E-state index in [1.165, 1.54) is 35.8 Å². The van der Waals surface area contributed by atoms with Crippen LogP contribution in [-0.4, -0.2) is 129 Å². The van der Waals surface area contributed by atoms with Crippen molar-refractivity contribution in [2.24, 2.45) is 46.3 Å². The van der Waals surface area contributed by atoms with Gasteiger partial charge in [0.25, 0.3) is 0 Å². The van der Waals surface area contributed by atoms with Gasteiger partial charge in [0.15, 0.2) is 23.0 Å². The summed E-state index contributed by atoms with van der Waals surface area (Å²) < 4.78 is 32.5. The molecule has 16 atom stereocenters. The number of phenols is 2. The minimum Gasteiger partial charge on any atom is -0.504 e. The molecule has 6 aliphatic heterocycles. The first-order chi connectivity index (χ1) is 40.7. The number of fused-ring (bicyclic) bond motifs is 1. The van der Waals surface area contributed by atoms with Crippen LogP contribution in [0.15, 0.2) is 54.9 Å². The van der Waals surface area contributed by atoms with Crippen LogP contribution in [0.2, 0.25) is 0 Å². The lowest BCUT2D eigenvalue weighted by atomic mass is 9.38. The zero-order chi connectivity index (χ0) is 58.7. The normalized spacial score (nSPS) is 35.4. The number of aromatic hydroxyl groups is 2. The molecule has 1 aromatic heterocycles. The maximum Gasteiger partial charge on any atom is 0.220 e. The molecule has 0 radical (unpaired) electrons. The van der Waals surface area contributed by atoms with E-state index in [1.807, 2.05) is 47.3 Å². The van der Waals surface area contributed by atoms with Crippen LogP contribution in [0.25, 0.3) is 10.8 Å². The maximum absolute atomic E-state index is 13.2. The number of carbonyl (C=O) groups excluding carboxylic acids is 1. The van der Waals surface area contributed by atoms with E-state index in [9.17, 15) is 40.5 Å². The Morgan fingerprint density at radius 2 is 1.73 bits per heavy atom. The second-order valence-electron chi connectivity index (χ2n) is 25.7. The van der Waals surface area contributed by atoms with E-state index in [-0.39, 0.29) is 101 Å². The number of nitrogens with zero attached hydrogens (tertiary/aromatic N) is 1. The van der Waals surface area contributed by atoms with Crippen LogP contribution in [0.3, 0.4) is 0 Å². The Morgan fingerprint density at radius 1 is 0.893 bits per heavy atom. The topological polar surface area (TPSA) is 234 Å². The molecule has 3 aliphatic carbocycles. The third-order valence-corrected chi connectivity index (χ3v) is 23.6. The third kappa shape index (κ3) is 12.8. The van der Waals surface area contributed by atoms with Gasteiger partial charge in [-0.25, -0.2) is 0 Å². The number of aryl methyl sites for hydroxylation is 1. The molecule has 4 fully saturated rings. The number of rotatable bonds is 6. The van der Waals surface area contributed by atoms with Crippen LogP contribution in [0.4, 0.5) is 0 Å². The number of hydrogen-bond acceptors (Lipinski definition) is 16. The highest BCUT2D eigenvalue weighted by molar-refractivity contribution is 8.76. The molecule has 1 amide bonds. The van der Waals surface area contributed by atoms with E-state index < -0.39 is 48.5 Å². The van der Waals surface area contributed by atoms with Crippen LogP contribution in [0.1, 0.15) is 143 Å². The van der Waals surface area contributed by atoms with Crippen molar-refractivity contribution in [2.75, 3.05) is 46.5 Å². The molecule has 4 aromatic rings. The van der Waals surface area contributed by atoms with Gasteiger partial charge in [0.2, 0.25) is 11.7 Å². The van der Waals surface area contributed by atoms with Crippen molar-refractivity contribution in [3.63, 3.8) is 0 Å². The fraction of sp³-hybridized carbons (Fsp3) is 0.652. The molecule has 16 unspecified atom stereocenters. The highest BCUT2D eigenvalue weighted by Crippen LogP contribution is 2.69. The Bertz CT molecular complexity index is 2960. The number of aliphatic hydroxyl groups is 5. The third-order valence-electron chi connectivity index (χ3n) is 20.8. The second kappa shape index (κ2) is 26.9. The summed E-state index contributed by atoms with van der Waals surface area (Å²) in [6, 6.07) is 12.9. The average Bonchev–Trinajstić information content (AvgIpc) is 0.873. The molecule has 2 spiro atoms. The summed E-state index contributed by atoms with van der Waals surface area (Å²) in [7, 11) is 5.86. The fourth-order valence-electron chi connectivity index (χ4n) is 16.7. The van der Waals surface area contributed by atoms with Gasteiger partial charge in [0.1, 0.15) is 13.5 Å². The predicted octanol–water partition coefficient (Wildman–Crippen LogP) is 9.25. The van der Waals surface area contributed by atoms with Gasteiger partial charge in [-0.15, -0.1) is 5.92 Å². The Labute approximate surface area is 502 Å². The predicted molar refractivity (Wildman–Crippen MR) is 325 cm³/mol. The first-order valence-corrected chi connectivity index (χ1v) is 33.4. The van der Waals surface area contributed by atoms with Gasteiger partial charge in [0.05, 0.1) is 50.8 Å². The highest BCUT2D eigenvalue weighted by Gasteiger charge is 2.65. The summed E-state index contributed by atoms with van der Waals surface area (Å²) >= 11 is 0. The summed E-state index contributed by atoms with van der Waals surface area (Å²) in [6.45, 7) is 4.29. The van der Waals surface area contributed by atoms with E-state index in [4.69, 9.17) is 23.7 Å². The maximum atomic E-state index is 13.2. The van der Waals surface area contributed by atoms with Gasteiger partial charge < -0.3 is 74.6 Å². The SMILES string of the molecule is COc1cc(CC2C(O)CSSC3CC(O)c4cccc5cn(cc45)COCCCC4NC(=O)CC4C(O)CC4CCC56CC(CCC5CNCCC#CC65CC(C)CCC45)Oc4cc(c3cc4O)CCC(OCO)CC2O)cc(OC)c1O. The number of aliphatic hydroxyl groups excluding tert-OH is 5. The zero-order valence-corrected chi connectivity index (χ0v) is 50.7. The minimum atomic E-state index is -1.08. The van der Waals surface area contributed by atoms with E-state index in [0.29, 0.717) is 68.3 Å². The fourth-order valence-corrected chi connectivity index (χ4v) is 19.7. The Morgan fingerprint density at radius 3 is 2.54 bits per heavy atom. The van der Waals surface area contributed by atoms with Crippen LogP contribution in [0.5, 0.6) is 28.7 Å². The second-order valence-corrected chi connectivity index (χ2v) is 28.3. The lowest BCUT2D eigenvalue weighted by Crippen LogP contribution is -2.62. The number of carbonyl (C=O) groups is 1. The monoisotopic (exact) mass is 1200 g/mol. The molecule has 9 N–H and O–H groups in total. The quantitative estimate of drug-likeness (QED) is 0.0497. The zero-order valence-electron chi connectivity index (χ0n) is 49.1. The van der Waals surface area contributed by atoms with Gasteiger partial charge in [-0.3, -0.25) is 4.79 Å². The molecule has 3 saturated carbocycles. The van der Waals surface area contributed by atoms with Gasteiger partial charge in [0, 0.05) is 78.1 Å². The molecular formula is C66H89N3O13S2. The Kier molecular flexibility index (Phi) is 19.6. The smallest absolute Gasteiger partial charge is 0.220 e. The molecule has 18 heteroatoms. The van der Waals surface area contributed by atoms with Crippen molar-refractivity contribution in [1.29, 1.82) is 0 Å². The van der Waals surface area contributed by atoms with Crippen molar-refractivity contribution in [3.05, 3.63) is 77.1 Å². The Balaban J connectivity index is 0.976. The van der Waals surface area contributed by atoms with Gasteiger partial charge in [-0.2, -0.15) is 0 Å². The van der Waals surface area contributed by atoms with E-state index in [2.05, 4.69) is 29.4 Å². The lowest BCUT2D eigenvalue weighted by molar-refractivity contribution is -0.160. The Hall–Kier alpha value is -4.39. The first-order valence-electron chi connectivity index (χ1n) is 31.0. The lowest BCUT2D eigenvalue weighted by Gasteiger charge is -2.65. The molecule has 458 valence electrons. The number of nitrogens with one attached hydrogen (secondary N) is 2. The average molecular weight is 1200 g/mol. The number of amides is 1. The molecule has 13 rings (SSSR count). The molecular weight excluding hydrogens is 1110 g/mol. The van der Waals surface area contributed by atoms with E-state index >= 15 is 0 Å². The number of aromatic nitrogens is 1. The minimum absolute atomic E-state index is 0.00209. The van der Waals surface area contributed by atoms with Crippen molar-refractivity contribution in [1.82, 2.24) is 15.2 Å². The van der Waals surface area contributed by atoms with Crippen molar-refractivity contribution < 1.29 is 64.2 Å². The van der Waals surface area contributed by atoms with Gasteiger partial charge in [-0.05, 0) is 184 Å². The van der Waals surface area contributed by atoms with Gasteiger partial charge in [-0.1, -0.05) is 59.1 Å². The van der Waals surface area contributed by atoms with Gasteiger partial charge >= 0.3 is 0 Å². The molecule has 9 aliphatic rings. The number of phenolic OH excluding ortho intramolecular Hbond substituents is 2. The summed E-state index contributed by atoms with van der Waals surface area (Å²) in [5, 5.41) is 91.4. The van der Waals surface area contributed by atoms with Crippen molar-refractivity contribution in [3.8, 4) is 40.6 Å². The van der Waals surface area contributed by atoms with Crippen molar-refractivity contribution >= 4 is 38.3 Å². The molecule has 3 aromatic carbocycles. The number of methoxy groups -OCH3 is 2. The standard InChI is InChI=1S/C66H89N3O13S2/c1-39-11-16-52-42-17-19-65-32-46(15-13-44(65)33-67-20-5-4-18-66(52,65)31-39)82-59-26-41-12-14-45(81-38-70)27-55(72)50(22-40-23-60(78-2)64(77)61(24-40)79-3)58(75)36-83-84-62(48(41)28-57(59)74)30-56(73)47-9-6-8-43-34-69(35-51(43)47)37-80-21-7-10-53-49(54(71)25-42)29-63(76)68-53/h6,8-9,23-24,26,28,34-35,39,42,44-46,49-50,52-56,58,62,67,70-75,77H,5,7,10-17,19-22,25,27,29-33,36-38H2,1-3H3,(H,68,76). The summed E-state index contributed by atoms with van der Waals surface area (Å²) in [4.78, 5) is 13.2. The van der Waals surface area contributed by atoms with Crippen LogP contribution >= 0.6 is 21.6 Å². The molecule has 9 bridgehead atoms. The van der Waals surface area contributed by atoms with Crippen LogP contribution in [0, 0.1) is 58.2 Å².